The molecule has 1 aromatic rings. The van der Waals surface area contributed by atoms with Gasteiger partial charge in [0.05, 0.1) is 5.75 Å². The van der Waals surface area contributed by atoms with Gasteiger partial charge in [-0.05, 0) is 43.5 Å². The number of unbranched alkanes of at least 4 members (excludes halogenated alkanes) is 1. The minimum atomic E-state index is -3.21. The maximum Gasteiger partial charge on any atom is 0.232 e. The first-order valence-electron chi connectivity index (χ1n) is 8.67. The summed E-state index contributed by atoms with van der Waals surface area (Å²) in [5.74, 6) is 0.189. The van der Waals surface area contributed by atoms with Crippen molar-refractivity contribution in [3.05, 3.63) is 24.3 Å². The van der Waals surface area contributed by atoms with Gasteiger partial charge in [0.1, 0.15) is 0 Å². The van der Waals surface area contributed by atoms with E-state index in [4.69, 9.17) is 0 Å². The van der Waals surface area contributed by atoms with Gasteiger partial charge in [0, 0.05) is 43.6 Å². The summed E-state index contributed by atoms with van der Waals surface area (Å²) in [4.78, 5) is 4.97. The minimum Gasteiger partial charge on any atom is -0.369 e. The van der Waals surface area contributed by atoms with Crippen LogP contribution in [-0.2, 0) is 10.0 Å². The number of nitrogens with zero attached hydrogens (tertiary/aromatic N) is 2. The monoisotopic (exact) mass is 337 g/mol. The largest absolute Gasteiger partial charge is 0.369 e. The lowest BCUT2D eigenvalue weighted by atomic mass is 10.2. The molecule has 0 spiro atoms. The molecule has 1 saturated heterocycles. The van der Waals surface area contributed by atoms with E-state index in [-0.39, 0.29) is 5.75 Å². The molecule has 1 aliphatic carbocycles. The molecule has 1 N–H and O–H groups in total. The van der Waals surface area contributed by atoms with Crippen molar-refractivity contribution in [2.45, 2.75) is 38.6 Å². The lowest BCUT2D eigenvalue weighted by molar-refractivity contribution is 0.248. The Bertz CT molecular complexity index is 603. The molecular weight excluding hydrogens is 310 g/mol. The molecule has 0 aromatic heterocycles. The zero-order chi connectivity index (χ0) is 16.3. The van der Waals surface area contributed by atoms with Crippen LogP contribution < -0.4 is 9.62 Å². The summed E-state index contributed by atoms with van der Waals surface area (Å²) in [6.45, 7) is 6.37. The molecule has 1 heterocycles. The predicted octanol–water partition coefficient (Wildman–Crippen LogP) is 2.51. The Morgan fingerprint density at radius 3 is 2.30 bits per heavy atom. The van der Waals surface area contributed by atoms with Crippen molar-refractivity contribution in [2.24, 2.45) is 0 Å². The van der Waals surface area contributed by atoms with Crippen LogP contribution in [0.3, 0.4) is 0 Å². The Morgan fingerprint density at radius 1 is 1.09 bits per heavy atom. The third-order valence-electron chi connectivity index (χ3n) is 4.65. The normalized spacial score (nSPS) is 19.8. The van der Waals surface area contributed by atoms with Crippen LogP contribution in [0.1, 0.15) is 32.6 Å². The number of sulfonamides is 1. The summed E-state index contributed by atoms with van der Waals surface area (Å²) in [5, 5.41) is 0. The van der Waals surface area contributed by atoms with Crippen LogP contribution in [-0.4, -0.2) is 51.3 Å². The Balaban J connectivity index is 1.54. The topological polar surface area (TPSA) is 52.7 Å². The Morgan fingerprint density at radius 2 is 1.74 bits per heavy atom. The molecule has 2 fully saturated rings. The molecule has 0 amide bonds. The summed E-state index contributed by atoms with van der Waals surface area (Å²) in [6.07, 6.45) is 4.31. The molecule has 1 saturated carbocycles. The van der Waals surface area contributed by atoms with E-state index in [2.05, 4.69) is 14.5 Å². The van der Waals surface area contributed by atoms with Gasteiger partial charge in [-0.1, -0.05) is 13.3 Å². The van der Waals surface area contributed by atoms with Crippen molar-refractivity contribution in [1.82, 2.24) is 4.90 Å². The molecule has 0 radical (unpaired) electrons. The van der Waals surface area contributed by atoms with E-state index < -0.39 is 10.0 Å². The third kappa shape index (κ3) is 4.61. The first-order chi connectivity index (χ1) is 11.1. The van der Waals surface area contributed by atoms with Gasteiger partial charge >= 0.3 is 0 Å². The third-order valence-corrected chi connectivity index (χ3v) is 6.02. The van der Waals surface area contributed by atoms with Crippen LogP contribution >= 0.6 is 0 Å². The van der Waals surface area contributed by atoms with Gasteiger partial charge in [0.25, 0.3) is 0 Å². The van der Waals surface area contributed by atoms with Crippen molar-refractivity contribution in [3.63, 3.8) is 0 Å². The zero-order valence-corrected chi connectivity index (χ0v) is 14.7. The molecule has 3 rings (SSSR count). The first-order valence-corrected chi connectivity index (χ1v) is 10.3. The molecule has 6 heteroatoms. The van der Waals surface area contributed by atoms with Gasteiger partial charge < -0.3 is 4.90 Å². The standard InChI is InChI=1S/C17H27N3O2S/c1-2-3-14-23(21,22)18-15-4-6-16(7-5-15)19-10-12-20(13-11-19)17-8-9-17/h4-7,17-18H,2-3,8-14H2,1H3. The second-order valence-electron chi connectivity index (χ2n) is 6.58. The summed E-state index contributed by atoms with van der Waals surface area (Å²) in [7, 11) is -3.21. The fraction of sp³-hybridized carbons (Fsp3) is 0.647. The van der Waals surface area contributed by atoms with Gasteiger partial charge in [-0.3, -0.25) is 9.62 Å². The lowest BCUT2D eigenvalue weighted by Gasteiger charge is -2.36. The molecule has 0 bridgehead atoms. The fourth-order valence-corrected chi connectivity index (χ4v) is 4.36. The van der Waals surface area contributed by atoms with Crippen LogP contribution in [0, 0.1) is 0 Å². The van der Waals surface area contributed by atoms with Crippen molar-refractivity contribution >= 4 is 21.4 Å². The highest BCUT2D eigenvalue weighted by molar-refractivity contribution is 7.92. The van der Waals surface area contributed by atoms with Gasteiger partial charge in [-0.15, -0.1) is 0 Å². The van der Waals surface area contributed by atoms with Crippen molar-refractivity contribution < 1.29 is 8.42 Å². The Kier molecular flexibility index (Phi) is 5.11. The lowest BCUT2D eigenvalue weighted by Crippen LogP contribution is -2.47. The van der Waals surface area contributed by atoms with Gasteiger partial charge in [-0.25, -0.2) is 8.42 Å². The number of hydrogen-bond donors (Lipinski definition) is 1. The number of piperazine rings is 1. The second kappa shape index (κ2) is 7.09. The Labute approximate surface area is 139 Å². The van der Waals surface area contributed by atoms with Gasteiger partial charge in [-0.2, -0.15) is 0 Å². The number of benzene rings is 1. The number of hydrogen-bond acceptors (Lipinski definition) is 4. The summed E-state index contributed by atoms with van der Waals surface area (Å²) in [5.41, 5.74) is 1.83. The molecular formula is C17H27N3O2S. The van der Waals surface area contributed by atoms with Gasteiger partial charge in [0.15, 0.2) is 0 Å². The van der Waals surface area contributed by atoms with Crippen molar-refractivity contribution in [1.29, 1.82) is 0 Å². The van der Waals surface area contributed by atoms with Crippen LogP contribution in [0.4, 0.5) is 11.4 Å². The molecule has 0 unspecified atom stereocenters. The quantitative estimate of drug-likeness (QED) is 0.831. The molecule has 0 atom stereocenters. The average molecular weight is 337 g/mol. The molecule has 23 heavy (non-hydrogen) atoms. The van der Waals surface area contributed by atoms with Crippen LogP contribution in [0.2, 0.25) is 0 Å². The first kappa shape index (κ1) is 16.6. The summed E-state index contributed by atoms with van der Waals surface area (Å²) in [6, 6.07) is 8.62. The van der Waals surface area contributed by atoms with E-state index in [0.717, 1.165) is 38.6 Å². The highest BCUT2D eigenvalue weighted by Gasteiger charge is 2.31. The fourth-order valence-electron chi connectivity index (χ4n) is 3.09. The molecule has 5 nitrogen and oxygen atoms in total. The highest BCUT2D eigenvalue weighted by Crippen LogP contribution is 2.28. The van der Waals surface area contributed by atoms with E-state index in [9.17, 15) is 8.42 Å². The molecule has 1 aliphatic heterocycles. The van der Waals surface area contributed by atoms with Gasteiger partial charge in [0.2, 0.25) is 10.0 Å². The second-order valence-corrected chi connectivity index (χ2v) is 8.42. The SMILES string of the molecule is CCCCS(=O)(=O)Nc1ccc(N2CCN(C3CC3)CC2)cc1. The summed E-state index contributed by atoms with van der Waals surface area (Å²) >= 11 is 0. The van der Waals surface area contributed by atoms with Crippen molar-refractivity contribution in [3.8, 4) is 0 Å². The van der Waals surface area contributed by atoms with E-state index >= 15 is 0 Å². The van der Waals surface area contributed by atoms with E-state index in [1.807, 2.05) is 31.2 Å². The van der Waals surface area contributed by atoms with Crippen LogP contribution in [0.15, 0.2) is 24.3 Å². The number of anilines is 2. The minimum absolute atomic E-state index is 0.189. The molecule has 2 aliphatic rings. The highest BCUT2D eigenvalue weighted by atomic mass is 32.2. The smallest absolute Gasteiger partial charge is 0.232 e. The molecule has 128 valence electrons. The predicted molar refractivity (Wildman–Crippen MR) is 95.6 cm³/mol. The van der Waals surface area contributed by atoms with Crippen LogP contribution in [0.25, 0.3) is 0 Å². The maximum absolute atomic E-state index is 11.9. The van der Waals surface area contributed by atoms with E-state index in [0.29, 0.717) is 12.1 Å². The maximum atomic E-state index is 11.9. The zero-order valence-electron chi connectivity index (χ0n) is 13.9. The number of nitrogens with one attached hydrogen (secondary N) is 1. The van der Waals surface area contributed by atoms with Crippen molar-refractivity contribution in [2.75, 3.05) is 41.6 Å². The Hall–Kier alpha value is -1.27. The molecule has 1 aromatic carbocycles. The van der Waals surface area contributed by atoms with Crippen LogP contribution in [0.5, 0.6) is 0 Å². The average Bonchev–Trinajstić information content (AvgIpc) is 3.39. The number of rotatable bonds is 7. The van der Waals surface area contributed by atoms with E-state index in [1.165, 1.54) is 18.5 Å². The summed E-state index contributed by atoms with van der Waals surface area (Å²) < 4.78 is 26.5. The van der Waals surface area contributed by atoms with E-state index in [1.54, 1.807) is 0 Å².